The summed E-state index contributed by atoms with van der Waals surface area (Å²) in [5.41, 5.74) is 1.03. The van der Waals surface area contributed by atoms with Crippen LogP contribution in [0.2, 0.25) is 0 Å². The molecule has 0 fully saturated rings. The fourth-order valence-corrected chi connectivity index (χ4v) is 3.25. The van der Waals surface area contributed by atoms with Gasteiger partial charge in [0.05, 0.1) is 4.90 Å². The first-order valence-corrected chi connectivity index (χ1v) is 11.1. The average molecular weight is 526 g/mol. The SMILES string of the molecule is CCCCOCCCN=C(NCC)NCCNS(=O)(=O)c1ccc(C)cc1.I. The van der Waals surface area contributed by atoms with E-state index in [4.69, 9.17) is 4.74 Å². The molecule has 28 heavy (non-hydrogen) atoms. The van der Waals surface area contributed by atoms with Crippen molar-refractivity contribution in [1.29, 1.82) is 0 Å². The van der Waals surface area contributed by atoms with E-state index in [0.29, 0.717) is 25.7 Å². The van der Waals surface area contributed by atoms with Crippen LogP contribution in [0.3, 0.4) is 0 Å². The zero-order valence-electron chi connectivity index (χ0n) is 17.2. The highest BCUT2D eigenvalue weighted by molar-refractivity contribution is 14.0. The second-order valence-corrected chi connectivity index (χ2v) is 7.98. The number of halogens is 1. The molecule has 0 amide bonds. The van der Waals surface area contributed by atoms with E-state index >= 15 is 0 Å². The molecule has 0 radical (unpaired) electrons. The van der Waals surface area contributed by atoms with Crippen LogP contribution in [0.4, 0.5) is 0 Å². The summed E-state index contributed by atoms with van der Waals surface area (Å²) in [4.78, 5) is 4.75. The lowest BCUT2D eigenvalue weighted by atomic mass is 10.2. The van der Waals surface area contributed by atoms with Crippen molar-refractivity contribution in [1.82, 2.24) is 15.4 Å². The van der Waals surface area contributed by atoms with E-state index in [2.05, 4.69) is 27.3 Å². The third kappa shape index (κ3) is 11.8. The van der Waals surface area contributed by atoms with E-state index in [0.717, 1.165) is 38.0 Å². The number of rotatable bonds is 13. The van der Waals surface area contributed by atoms with Gasteiger partial charge in [-0.1, -0.05) is 31.0 Å². The van der Waals surface area contributed by atoms with Gasteiger partial charge in [0.15, 0.2) is 5.96 Å². The molecule has 162 valence electrons. The van der Waals surface area contributed by atoms with Crippen molar-refractivity contribution in [3.05, 3.63) is 29.8 Å². The lowest BCUT2D eigenvalue weighted by Crippen LogP contribution is -2.41. The maximum Gasteiger partial charge on any atom is 0.240 e. The molecule has 9 heteroatoms. The number of aryl methyl sites for hydroxylation is 1. The number of nitrogens with one attached hydrogen (secondary N) is 3. The summed E-state index contributed by atoms with van der Waals surface area (Å²) in [7, 11) is -3.49. The quantitative estimate of drug-likeness (QED) is 0.159. The molecule has 1 aromatic carbocycles. The van der Waals surface area contributed by atoms with Gasteiger partial charge >= 0.3 is 0 Å². The molecule has 0 aliphatic rings. The van der Waals surface area contributed by atoms with Gasteiger partial charge in [-0.15, -0.1) is 24.0 Å². The minimum atomic E-state index is -3.49. The second-order valence-electron chi connectivity index (χ2n) is 6.22. The summed E-state index contributed by atoms with van der Waals surface area (Å²) < 4.78 is 32.6. The first-order chi connectivity index (χ1) is 13.0. The third-order valence-electron chi connectivity index (χ3n) is 3.74. The molecule has 0 saturated heterocycles. The largest absolute Gasteiger partial charge is 0.381 e. The van der Waals surface area contributed by atoms with Crippen molar-refractivity contribution in [2.24, 2.45) is 4.99 Å². The Morgan fingerprint density at radius 2 is 1.71 bits per heavy atom. The minimum absolute atomic E-state index is 0. The highest BCUT2D eigenvalue weighted by Crippen LogP contribution is 2.09. The summed E-state index contributed by atoms with van der Waals surface area (Å²) in [6.45, 7) is 9.70. The fourth-order valence-electron chi connectivity index (χ4n) is 2.21. The molecule has 0 aromatic heterocycles. The average Bonchev–Trinajstić information content (AvgIpc) is 2.64. The van der Waals surface area contributed by atoms with Crippen LogP contribution in [-0.4, -0.2) is 53.8 Å². The van der Waals surface area contributed by atoms with E-state index in [-0.39, 0.29) is 35.4 Å². The molecule has 1 aromatic rings. The van der Waals surface area contributed by atoms with Crippen LogP contribution in [-0.2, 0) is 14.8 Å². The van der Waals surface area contributed by atoms with Gasteiger partial charge in [-0.3, -0.25) is 4.99 Å². The summed E-state index contributed by atoms with van der Waals surface area (Å²) in [5.74, 6) is 0.681. The summed E-state index contributed by atoms with van der Waals surface area (Å²) in [6, 6.07) is 6.79. The van der Waals surface area contributed by atoms with Crippen molar-refractivity contribution < 1.29 is 13.2 Å². The Kier molecular flexibility index (Phi) is 15.4. The molecule has 0 bridgehead atoms. The number of benzene rings is 1. The van der Waals surface area contributed by atoms with Crippen molar-refractivity contribution in [2.75, 3.05) is 39.4 Å². The van der Waals surface area contributed by atoms with Crippen LogP contribution in [0.15, 0.2) is 34.2 Å². The van der Waals surface area contributed by atoms with Crippen LogP contribution in [0.25, 0.3) is 0 Å². The number of nitrogens with zero attached hydrogens (tertiary/aromatic N) is 1. The number of sulfonamides is 1. The van der Waals surface area contributed by atoms with Crippen molar-refractivity contribution in [2.45, 2.75) is 44.9 Å². The van der Waals surface area contributed by atoms with Gasteiger partial charge < -0.3 is 15.4 Å². The molecule has 0 heterocycles. The number of hydrogen-bond acceptors (Lipinski definition) is 4. The van der Waals surface area contributed by atoms with Gasteiger partial charge in [-0.2, -0.15) is 0 Å². The van der Waals surface area contributed by atoms with Crippen molar-refractivity contribution in [3.8, 4) is 0 Å². The molecule has 0 unspecified atom stereocenters. The van der Waals surface area contributed by atoms with E-state index in [1.807, 2.05) is 13.8 Å². The summed E-state index contributed by atoms with van der Waals surface area (Å²) in [5, 5.41) is 6.29. The molecule has 3 N–H and O–H groups in total. The van der Waals surface area contributed by atoms with Crippen molar-refractivity contribution in [3.63, 3.8) is 0 Å². The monoisotopic (exact) mass is 526 g/mol. The predicted molar refractivity (Wildman–Crippen MR) is 126 cm³/mol. The van der Waals surface area contributed by atoms with Gasteiger partial charge in [-0.25, -0.2) is 13.1 Å². The molecule has 7 nitrogen and oxygen atoms in total. The van der Waals surface area contributed by atoms with Gasteiger partial charge in [0.25, 0.3) is 0 Å². The van der Waals surface area contributed by atoms with Crippen LogP contribution in [0, 0.1) is 6.92 Å². The Morgan fingerprint density at radius 3 is 2.36 bits per heavy atom. The first-order valence-electron chi connectivity index (χ1n) is 9.66. The number of hydrogen-bond donors (Lipinski definition) is 3. The van der Waals surface area contributed by atoms with Crippen LogP contribution in [0.1, 0.15) is 38.7 Å². The minimum Gasteiger partial charge on any atom is -0.381 e. The highest BCUT2D eigenvalue weighted by atomic mass is 127. The number of aliphatic imine (C=N–C) groups is 1. The molecule has 0 atom stereocenters. The second kappa shape index (κ2) is 15.9. The van der Waals surface area contributed by atoms with Crippen molar-refractivity contribution >= 4 is 40.0 Å². The number of ether oxygens (including phenoxy) is 1. The third-order valence-corrected chi connectivity index (χ3v) is 5.22. The lowest BCUT2D eigenvalue weighted by Gasteiger charge is -2.12. The predicted octanol–water partition coefficient (Wildman–Crippen LogP) is 2.65. The highest BCUT2D eigenvalue weighted by Gasteiger charge is 2.12. The molecule has 0 aliphatic heterocycles. The summed E-state index contributed by atoms with van der Waals surface area (Å²) in [6.07, 6.45) is 3.09. The molecule has 1 rings (SSSR count). The number of unbranched alkanes of at least 4 members (excludes halogenated alkanes) is 1. The Hall–Kier alpha value is -0.910. The van der Waals surface area contributed by atoms with E-state index in [1.165, 1.54) is 0 Å². The molecule has 0 saturated carbocycles. The topological polar surface area (TPSA) is 91.8 Å². The van der Waals surface area contributed by atoms with Crippen LogP contribution >= 0.6 is 24.0 Å². The van der Waals surface area contributed by atoms with E-state index in [9.17, 15) is 8.42 Å². The number of guanidine groups is 1. The maximum absolute atomic E-state index is 12.2. The normalized spacial score (nSPS) is 11.8. The van der Waals surface area contributed by atoms with Gasteiger partial charge in [0.1, 0.15) is 0 Å². The summed E-state index contributed by atoms with van der Waals surface area (Å²) >= 11 is 0. The molecule has 0 aliphatic carbocycles. The van der Waals surface area contributed by atoms with E-state index in [1.54, 1.807) is 24.3 Å². The van der Waals surface area contributed by atoms with Gasteiger partial charge in [0, 0.05) is 39.4 Å². The van der Waals surface area contributed by atoms with Crippen LogP contribution < -0.4 is 15.4 Å². The Morgan fingerprint density at radius 1 is 1.04 bits per heavy atom. The first kappa shape index (κ1) is 27.1. The standard InChI is InChI=1S/C19H34N4O3S.HI/c1-4-6-15-26-16-7-12-21-19(20-5-2)22-13-14-23-27(24,25)18-10-8-17(3)9-11-18;/h8-11,23H,4-7,12-16H2,1-3H3,(H2,20,21,22);1H. The Balaban J connectivity index is 0.00000729. The van der Waals surface area contributed by atoms with Crippen LogP contribution in [0.5, 0.6) is 0 Å². The van der Waals surface area contributed by atoms with E-state index < -0.39 is 10.0 Å². The van der Waals surface area contributed by atoms with Gasteiger partial charge in [0.2, 0.25) is 10.0 Å². The fraction of sp³-hybridized carbons (Fsp3) is 0.632. The zero-order valence-corrected chi connectivity index (χ0v) is 20.3. The zero-order chi connectivity index (χ0) is 20.0. The molecular formula is C19H35IN4O3S. The Labute approximate surface area is 187 Å². The molecule has 0 spiro atoms. The maximum atomic E-state index is 12.2. The lowest BCUT2D eigenvalue weighted by molar-refractivity contribution is 0.130. The molecular weight excluding hydrogens is 491 g/mol. The Bertz CT molecular complexity index is 652. The smallest absolute Gasteiger partial charge is 0.240 e. The van der Waals surface area contributed by atoms with Gasteiger partial charge in [-0.05, 0) is 38.8 Å².